The van der Waals surface area contributed by atoms with E-state index >= 15 is 0 Å². The molecule has 2 aromatic carbocycles. The molecule has 5 heteroatoms. The molecule has 3 aromatic rings. The maximum atomic E-state index is 13.8. The molecule has 1 heterocycles. The van der Waals surface area contributed by atoms with Crippen molar-refractivity contribution < 1.29 is 5.82 Å². The summed E-state index contributed by atoms with van der Waals surface area (Å²) in [7, 11) is 0. The predicted octanol–water partition coefficient (Wildman–Crippen LogP) is 3.81. The Labute approximate surface area is 128 Å². The maximum Gasteiger partial charge on any atom is 0.186 e. The van der Waals surface area contributed by atoms with Gasteiger partial charge in [0.1, 0.15) is 6.33 Å². The topological polar surface area (TPSA) is 61.6 Å². The molecule has 4 nitrogen and oxygen atoms in total. The monoisotopic (exact) mass is 294 g/mol. The second kappa shape index (κ2) is 5.78. The van der Waals surface area contributed by atoms with Crippen LogP contribution in [0, 0.1) is 24.1 Å². The lowest BCUT2D eigenvalue weighted by atomic mass is 10.0. The minimum absolute atomic E-state index is 0. The molecule has 0 saturated heterocycles. The molecule has 0 aliphatic rings. The minimum atomic E-state index is -0.429. The summed E-state index contributed by atoms with van der Waals surface area (Å²) in [4.78, 5) is 7.71. The Morgan fingerprint density at radius 2 is 1.95 bits per heavy atom. The lowest BCUT2D eigenvalue weighted by Crippen LogP contribution is -2.05. The van der Waals surface area contributed by atoms with E-state index in [2.05, 4.69) is 21.4 Å². The molecule has 0 atom stereocenters. The number of anilines is 1. The summed E-state index contributed by atoms with van der Waals surface area (Å²) in [6, 6.07) is 13.6. The SMILES string of the molecule is Cc1ncnc(NCc2ccc3cc(C#N)ccc3c2)c1F.[HH]. The first-order valence-corrected chi connectivity index (χ1v) is 6.81. The van der Waals surface area contributed by atoms with E-state index in [1.165, 1.54) is 6.33 Å². The van der Waals surface area contributed by atoms with Crippen LogP contribution >= 0.6 is 0 Å². The van der Waals surface area contributed by atoms with E-state index < -0.39 is 5.82 Å². The third-order valence-corrected chi connectivity index (χ3v) is 3.46. The first-order valence-electron chi connectivity index (χ1n) is 6.81. The van der Waals surface area contributed by atoms with Crippen molar-refractivity contribution in [3.05, 3.63) is 65.4 Å². The molecule has 0 aliphatic heterocycles. The van der Waals surface area contributed by atoms with Gasteiger partial charge in [0.25, 0.3) is 0 Å². The van der Waals surface area contributed by atoms with E-state index in [1.807, 2.05) is 30.3 Å². The molecule has 1 aromatic heterocycles. The summed E-state index contributed by atoms with van der Waals surface area (Å²) < 4.78 is 13.8. The van der Waals surface area contributed by atoms with Gasteiger partial charge in [-0.2, -0.15) is 5.26 Å². The second-order valence-corrected chi connectivity index (χ2v) is 4.98. The molecule has 0 unspecified atom stereocenters. The summed E-state index contributed by atoms with van der Waals surface area (Å²) in [6.07, 6.45) is 1.34. The van der Waals surface area contributed by atoms with Gasteiger partial charge in [0.05, 0.1) is 17.3 Å². The average Bonchev–Trinajstić information content (AvgIpc) is 2.55. The van der Waals surface area contributed by atoms with Crippen molar-refractivity contribution in [3.8, 4) is 6.07 Å². The largest absolute Gasteiger partial charge is 0.363 e. The number of rotatable bonds is 3. The van der Waals surface area contributed by atoms with Crippen LogP contribution in [0.2, 0.25) is 0 Å². The zero-order chi connectivity index (χ0) is 15.5. The lowest BCUT2D eigenvalue weighted by molar-refractivity contribution is 0.604. The number of nitrogens with zero attached hydrogens (tertiary/aromatic N) is 3. The molecular weight excluding hydrogens is 279 g/mol. The fraction of sp³-hybridized carbons (Fsp3) is 0.118. The van der Waals surface area contributed by atoms with Gasteiger partial charge in [0.15, 0.2) is 11.6 Å². The van der Waals surface area contributed by atoms with E-state index in [-0.39, 0.29) is 7.24 Å². The van der Waals surface area contributed by atoms with E-state index in [4.69, 9.17) is 5.26 Å². The fourth-order valence-corrected chi connectivity index (χ4v) is 2.24. The van der Waals surface area contributed by atoms with Crippen molar-refractivity contribution in [3.63, 3.8) is 0 Å². The Hall–Kier alpha value is -3.00. The Kier molecular flexibility index (Phi) is 3.67. The van der Waals surface area contributed by atoms with Crippen molar-refractivity contribution in [1.82, 2.24) is 9.97 Å². The molecule has 0 radical (unpaired) electrons. The Bertz CT molecular complexity index is 889. The summed E-state index contributed by atoms with van der Waals surface area (Å²) >= 11 is 0. The number of aromatic nitrogens is 2. The number of hydrogen-bond donors (Lipinski definition) is 1. The third kappa shape index (κ3) is 2.72. The molecule has 3 rings (SSSR count). The van der Waals surface area contributed by atoms with Gasteiger partial charge >= 0.3 is 0 Å². The zero-order valence-corrected chi connectivity index (χ0v) is 12.0. The van der Waals surface area contributed by atoms with Crippen molar-refractivity contribution >= 4 is 16.6 Å². The lowest BCUT2D eigenvalue weighted by Gasteiger charge is -2.08. The van der Waals surface area contributed by atoms with E-state index in [0.717, 1.165) is 16.3 Å². The first-order chi connectivity index (χ1) is 10.7. The number of nitrogens with one attached hydrogen (secondary N) is 1. The molecule has 0 saturated carbocycles. The number of halogens is 1. The predicted molar refractivity (Wildman–Crippen MR) is 84.8 cm³/mol. The number of hydrogen-bond acceptors (Lipinski definition) is 4. The van der Waals surface area contributed by atoms with Crippen LogP contribution in [0.1, 0.15) is 18.2 Å². The Balaban J connectivity index is 0.00000192. The summed E-state index contributed by atoms with van der Waals surface area (Å²) in [5.41, 5.74) is 1.96. The smallest absolute Gasteiger partial charge is 0.186 e. The van der Waals surface area contributed by atoms with Crippen LogP contribution in [0.5, 0.6) is 0 Å². The van der Waals surface area contributed by atoms with Crippen LogP contribution < -0.4 is 5.32 Å². The number of fused-ring (bicyclic) bond motifs is 1. The van der Waals surface area contributed by atoms with Gasteiger partial charge in [-0.15, -0.1) is 0 Å². The van der Waals surface area contributed by atoms with Gasteiger partial charge < -0.3 is 5.32 Å². The first kappa shape index (κ1) is 14.0. The van der Waals surface area contributed by atoms with Crippen molar-refractivity contribution in [2.24, 2.45) is 0 Å². The molecule has 110 valence electrons. The van der Waals surface area contributed by atoms with Gasteiger partial charge in [0.2, 0.25) is 0 Å². The van der Waals surface area contributed by atoms with Gasteiger partial charge in [0, 0.05) is 7.97 Å². The highest BCUT2D eigenvalue weighted by molar-refractivity contribution is 5.84. The van der Waals surface area contributed by atoms with Gasteiger partial charge in [-0.1, -0.05) is 18.2 Å². The van der Waals surface area contributed by atoms with Crippen LogP contribution in [0.3, 0.4) is 0 Å². The van der Waals surface area contributed by atoms with Gasteiger partial charge in [-0.05, 0) is 41.5 Å². The minimum Gasteiger partial charge on any atom is -0.363 e. The van der Waals surface area contributed by atoms with Gasteiger partial charge in [-0.25, -0.2) is 14.4 Å². The van der Waals surface area contributed by atoms with E-state index in [0.29, 0.717) is 17.8 Å². The number of benzene rings is 2. The maximum absolute atomic E-state index is 13.8. The van der Waals surface area contributed by atoms with Crippen LogP contribution in [0.4, 0.5) is 10.2 Å². The summed E-state index contributed by atoms with van der Waals surface area (Å²) in [6.45, 7) is 2.06. The highest BCUT2D eigenvalue weighted by atomic mass is 19.1. The zero-order valence-electron chi connectivity index (χ0n) is 12.0. The highest BCUT2D eigenvalue weighted by Crippen LogP contribution is 2.19. The molecule has 0 spiro atoms. The molecule has 22 heavy (non-hydrogen) atoms. The number of aryl methyl sites for hydroxylation is 1. The normalized spacial score (nSPS) is 10.4. The number of nitriles is 1. The Morgan fingerprint density at radius 1 is 1.18 bits per heavy atom. The molecule has 0 aliphatic carbocycles. The fourth-order valence-electron chi connectivity index (χ4n) is 2.24. The van der Waals surface area contributed by atoms with Crippen LogP contribution in [0.25, 0.3) is 10.8 Å². The second-order valence-electron chi connectivity index (χ2n) is 4.98. The van der Waals surface area contributed by atoms with Crippen molar-refractivity contribution in [2.45, 2.75) is 13.5 Å². The quantitative estimate of drug-likeness (QED) is 0.798. The van der Waals surface area contributed by atoms with Crippen LogP contribution in [-0.2, 0) is 6.54 Å². The van der Waals surface area contributed by atoms with Crippen molar-refractivity contribution in [1.29, 1.82) is 5.26 Å². The molecule has 0 bridgehead atoms. The third-order valence-electron chi connectivity index (χ3n) is 3.46. The summed E-state index contributed by atoms with van der Waals surface area (Å²) in [5.74, 6) is -0.227. The highest BCUT2D eigenvalue weighted by Gasteiger charge is 2.07. The Morgan fingerprint density at radius 3 is 2.77 bits per heavy atom. The average molecular weight is 294 g/mol. The molecule has 1 N–H and O–H groups in total. The molecular formula is C17H15FN4. The molecule has 0 fully saturated rings. The van der Waals surface area contributed by atoms with E-state index in [1.54, 1.807) is 13.0 Å². The van der Waals surface area contributed by atoms with Crippen LogP contribution in [-0.4, -0.2) is 9.97 Å². The standard InChI is InChI=1S/C17H13FN4.H2/c1-11-16(18)17(22-10-21-11)20-9-13-3-5-14-6-12(8-19)2-4-15(14)7-13;/h2-7,10H,9H2,1H3,(H,20,21,22);1H. The molecule has 0 amide bonds. The van der Waals surface area contributed by atoms with Crippen molar-refractivity contribution in [2.75, 3.05) is 5.32 Å². The van der Waals surface area contributed by atoms with Crippen LogP contribution in [0.15, 0.2) is 42.7 Å². The van der Waals surface area contributed by atoms with Gasteiger partial charge in [-0.3, -0.25) is 0 Å². The summed E-state index contributed by atoms with van der Waals surface area (Å²) in [5, 5.41) is 13.9. The van der Waals surface area contributed by atoms with E-state index in [9.17, 15) is 4.39 Å².